The molecule has 2 nitrogen and oxygen atoms in total. The van der Waals surface area contributed by atoms with Crippen molar-refractivity contribution in [2.24, 2.45) is 5.10 Å². The lowest BCUT2D eigenvalue weighted by Crippen LogP contribution is -1.89. The number of thiophene rings is 1. The van der Waals surface area contributed by atoms with Gasteiger partial charge >= 0.3 is 0 Å². The van der Waals surface area contributed by atoms with Gasteiger partial charge in [-0.05, 0) is 52.7 Å². The number of benzene rings is 1. The fourth-order valence-corrected chi connectivity index (χ4v) is 3.21. The Bertz CT molecular complexity index is 549. The summed E-state index contributed by atoms with van der Waals surface area (Å²) >= 11 is 5.21. The fraction of sp³-hybridized carbons (Fsp3) is 0.154. The summed E-state index contributed by atoms with van der Waals surface area (Å²) in [7, 11) is 0. The normalized spacial score (nSPS) is 11.1. The number of nitrogens with one attached hydrogen (secondary N) is 1. The standard InChI is InChI=1S/C13H12BrFN2S/c1-2-13-12(14)7-11(18-13)8-16-17-10-5-3-9(15)4-6-10/h3-8,17H,2H2,1H3/b16-8+. The Labute approximate surface area is 118 Å². The maximum atomic E-state index is 12.7. The number of hydrogen-bond donors (Lipinski definition) is 1. The first-order valence-corrected chi connectivity index (χ1v) is 7.13. The third kappa shape index (κ3) is 3.40. The van der Waals surface area contributed by atoms with E-state index in [1.807, 2.05) is 6.07 Å². The Kier molecular flexibility index (Phi) is 4.49. The quantitative estimate of drug-likeness (QED) is 0.641. The van der Waals surface area contributed by atoms with E-state index >= 15 is 0 Å². The number of rotatable bonds is 4. The monoisotopic (exact) mass is 326 g/mol. The van der Waals surface area contributed by atoms with E-state index in [-0.39, 0.29) is 5.82 Å². The maximum absolute atomic E-state index is 12.7. The van der Waals surface area contributed by atoms with Crippen molar-refractivity contribution in [2.45, 2.75) is 13.3 Å². The van der Waals surface area contributed by atoms with Gasteiger partial charge in [-0.3, -0.25) is 5.43 Å². The predicted molar refractivity (Wildman–Crippen MR) is 79.0 cm³/mol. The molecule has 0 aliphatic carbocycles. The van der Waals surface area contributed by atoms with Crippen LogP contribution in [0.15, 0.2) is 39.9 Å². The molecule has 94 valence electrons. The van der Waals surface area contributed by atoms with E-state index in [0.717, 1.165) is 21.5 Å². The molecule has 1 aromatic heterocycles. The average molecular weight is 327 g/mol. The zero-order chi connectivity index (χ0) is 13.0. The number of aryl methyl sites for hydroxylation is 1. The van der Waals surface area contributed by atoms with Crippen molar-refractivity contribution in [2.75, 3.05) is 5.43 Å². The van der Waals surface area contributed by atoms with Crippen LogP contribution in [0.4, 0.5) is 10.1 Å². The Balaban J connectivity index is 2.00. The number of hydrogen-bond acceptors (Lipinski definition) is 3. The topological polar surface area (TPSA) is 24.4 Å². The second-order valence-corrected chi connectivity index (χ2v) is 5.67. The minimum absolute atomic E-state index is 0.251. The van der Waals surface area contributed by atoms with Gasteiger partial charge in [0.15, 0.2) is 0 Å². The molecule has 0 spiro atoms. The number of nitrogens with zero attached hydrogens (tertiary/aromatic N) is 1. The SMILES string of the molecule is CCc1sc(/C=N/Nc2ccc(F)cc2)cc1Br. The molecule has 1 N–H and O–H groups in total. The molecule has 0 fully saturated rings. The van der Waals surface area contributed by atoms with Crippen molar-refractivity contribution >= 4 is 39.2 Å². The van der Waals surface area contributed by atoms with Crippen LogP contribution in [0.25, 0.3) is 0 Å². The van der Waals surface area contributed by atoms with E-state index in [0.29, 0.717) is 0 Å². The van der Waals surface area contributed by atoms with Crippen molar-refractivity contribution < 1.29 is 4.39 Å². The Morgan fingerprint density at radius 2 is 2.11 bits per heavy atom. The van der Waals surface area contributed by atoms with E-state index < -0.39 is 0 Å². The molecule has 2 aromatic rings. The molecule has 0 atom stereocenters. The van der Waals surface area contributed by atoms with Crippen molar-refractivity contribution in [3.63, 3.8) is 0 Å². The number of halogens is 2. The lowest BCUT2D eigenvalue weighted by Gasteiger charge is -1.98. The first-order chi connectivity index (χ1) is 8.69. The minimum atomic E-state index is -0.251. The molecule has 0 amide bonds. The van der Waals surface area contributed by atoms with Gasteiger partial charge in [-0.25, -0.2) is 4.39 Å². The lowest BCUT2D eigenvalue weighted by molar-refractivity contribution is 0.628. The molecule has 0 bridgehead atoms. The second kappa shape index (κ2) is 6.11. The largest absolute Gasteiger partial charge is 0.278 e. The molecular formula is C13H12BrFN2S. The van der Waals surface area contributed by atoms with Crippen LogP contribution in [0, 0.1) is 5.82 Å². The van der Waals surface area contributed by atoms with E-state index in [2.05, 4.69) is 33.4 Å². The molecule has 0 saturated carbocycles. The Morgan fingerprint density at radius 1 is 1.39 bits per heavy atom. The van der Waals surface area contributed by atoms with Gasteiger partial charge in [-0.1, -0.05) is 6.92 Å². The van der Waals surface area contributed by atoms with Gasteiger partial charge in [0.1, 0.15) is 5.82 Å². The molecule has 2 rings (SSSR count). The van der Waals surface area contributed by atoms with Gasteiger partial charge < -0.3 is 0 Å². The first kappa shape index (κ1) is 13.2. The zero-order valence-corrected chi connectivity index (χ0v) is 12.2. The van der Waals surface area contributed by atoms with E-state index in [4.69, 9.17) is 0 Å². The molecule has 0 unspecified atom stereocenters. The van der Waals surface area contributed by atoms with Crippen molar-refractivity contribution in [1.82, 2.24) is 0 Å². The van der Waals surface area contributed by atoms with Crippen molar-refractivity contribution in [3.8, 4) is 0 Å². The van der Waals surface area contributed by atoms with Crippen molar-refractivity contribution in [1.29, 1.82) is 0 Å². The van der Waals surface area contributed by atoms with E-state index in [9.17, 15) is 4.39 Å². The molecule has 0 radical (unpaired) electrons. The van der Waals surface area contributed by atoms with Crippen LogP contribution in [0.2, 0.25) is 0 Å². The van der Waals surface area contributed by atoms with Crippen LogP contribution < -0.4 is 5.43 Å². The summed E-state index contributed by atoms with van der Waals surface area (Å²) in [5, 5.41) is 4.12. The van der Waals surface area contributed by atoms with Crippen LogP contribution in [0.3, 0.4) is 0 Å². The highest BCUT2D eigenvalue weighted by molar-refractivity contribution is 9.10. The van der Waals surface area contributed by atoms with Gasteiger partial charge in [0.25, 0.3) is 0 Å². The Morgan fingerprint density at radius 3 is 2.72 bits per heavy atom. The molecule has 0 saturated heterocycles. The number of hydrazone groups is 1. The zero-order valence-electron chi connectivity index (χ0n) is 9.78. The van der Waals surface area contributed by atoms with Crippen LogP contribution in [0.5, 0.6) is 0 Å². The molecule has 1 heterocycles. The van der Waals surface area contributed by atoms with Crippen molar-refractivity contribution in [3.05, 3.63) is 50.4 Å². The third-order valence-electron chi connectivity index (χ3n) is 2.33. The minimum Gasteiger partial charge on any atom is -0.278 e. The lowest BCUT2D eigenvalue weighted by atomic mass is 10.3. The Hall–Kier alpha value is -1.20. The number of anilines is 1. The van der Waals surface area contributed by atoms with Gasteiger partial charge in [-0.15, -0.1) is 11.3 Å². The summed E-state index contributed by atoms with van der Waals surface area (Å²) in [6.07, 6.45) is 2.77. The predicted octanol–water partition coefficient (Wildman–Crippen LogP) is 4.66. The van der Waals surface area contributed by atoms with Crippen LogP contribution in [-0.2, 0) is 6.42 Å². The smallest absolute Gasteiger partial charge is 0.123 e. The molecule has 0 aliphatic heterocycles. The maximum Gasteiger partial charge on any atom is 0.123 e. The van der Waals surface area contributed by atoms with Crippen LogP contribution >= 0.6 is 27.3 Å². The summed E-state index contributed by atoms with van der Waals surface area (Å²) in [5.41, 5.74) is 3.62. The molecular weight excluding hydrogens is 315 g/mol. The van der Waals surface area contributed by atoms with E-state index in [1.165, 1.54) is 17.0 Å². The summed E-state index contributed by atoms with van der Waals surface area (Å²) in [6, 6.07) is 8.13. The summed E-state index contributed by atoms with van der Waals surface area (Å²) in [5.74, 6) is -0.251. The third-order valence-corrected chi connectivity index (χ3v) is 4.51. The van der Waals surface area contributed by atoms with Crippen LogP contribution in [-0.4, -0.2) is 6.21 Å². The van der Waals surface area contributed by atoms with E-state index in [1.54, 1.807) is 29.7 Å². The van der Waals surface area contributed by atoms with Crippen LogP contribution in [0.1, 0.15) is 16.7 Å². The average Bonchev–Trinajstić information content (AvgIpc) is 2.72. The highest BCUT2D eigenvalue weighted by atomic mass is 79.9. The first-order valence-electron chi connectivity index (χ1n) is 5.52. The molecule has 5 heteroatoms. The van der Waals surface area contributed by atoms with Gasteiger partial charge in [0.05, 0.1) is 11.9 Å². The summed E-state index contributed by atoms with van der Waals surface area (Å²) < 4.78 is 13.8. The van der Waals surface area contributed by atoms with Gasteiger partial charge in [0, 0.05) is 14.2 Å². The molecule has 0 aliphatic rings. The summed E-state index contributed by atoms with van der Waals surface area (Å²) in [6.45, 7) is 2.12. The summed E-state index contributed by atoms with van der Waals surface area (Å²) in [4.78, 5) is 2.38. The highest BCUT2D eigenvalue weighted by Gasteiger charge is 2.02. The van der Waals surface area contributed by atoms with Gasteiger partial charge in [0.2, 0.25) is 0 Å². The highest BCUT2D eigenvalue weighted by Crippen LogP contribution is 2.26. The second-order valence-electron chi connectivity index (χ2n) is 3.65. The van der Waals surface area contributed by atoms with Gasteiger partial charge in [-0.2, -0.15) is 5.10 Å². The molecule has 1 aromatic carbocycles. The fourth-order valence-electron chi connectivity index (χ4n) is 1.43. The molecule has 18 heavy (non-hydrogen) atoms.